The normalized spacial score (nSPS) is 12.3. The number of carbonyl (C=O) groups excluding carboxylic acids is 1. The van der Waals surface area contributed by atoms with E-state index < -0.39 is 6.10 Å². The molecule has 0 spiro atoms. The summed E-state index contributed by atoms with van der Waals surface area (Å²) in [5.41, 5.74) is 3.49. The van der Waals surface area contributed by atoms with Crippen LogP contribution in [0.15, 0.2) is 54.6 Å². The molecule has 2 aromatic carbocycles. The lowest BCUT2D eigenvalue weighted by Gasteiger charge is -2.11. The van der Waals surface area contributed by atoms with Gasteiger partial charge in [-0.05, 0) is 31.6 Å². The lowest BCUT2D eigenvalue weighted by atomic mass is 10.1. The Bertz CT molecular complexity index is 643. The molecule has 3 heteroatoms. The van der Waals surface area contributed by atoms with Crippen LogP contribution in [0.5, 0.6) is 0 Å². The molecule has 108 valence electrons. The molecule has 1 amide bonds. The van der Waals surface area contributed by atoms with Gasteiger partial charge in [-0.25, -0.2) is 0 Å². The fourth-order valence-electron chi connectivity index (χ4n) is 2.00. The molecular weight excluding hydrogens is 262 g/mol. The molecule has 1 atom stereocenters. The molecule has 0 aromatic heterocycles. The Morgan fingerprint density at radius 3 is 2.48 bits per heavy atom. The van der Waals surface area contributed by atoms with Gasteiger partial charge in [-0.2, -0.15) is 0 Å². The minimum atomic E-state index is -0.623. The highest BCUT2D eigenvalue weighted by molar-refractivity contribution is 6.02. The van der Waals surface area contributed by atoms with Crippen LogP contribution in [0.2, 0.25) is 0 Å². The number of aliphatic hydroxyl groups is 1. The molecule has 0 bridgehead atoms. The van der Waals surface area contributed by atoms with Gasteiger partial charge in [0.2, 0.25) is 5.91 Å². The zero-order chi connectivity index (χ0) is 15.2. The van der Waals surface area contributed by atoms with Gasteiger partial charge in [-0.3, -0.25) is 4.79 Å². The fraction of sp³-hybridized carbons (Fsp3) is 0.167. The Morgan fingerprint density at radius 2 is 1.81 bits per heavy atom. The number of benzene rings is 2. The van der Waals surface area contributed by atoms with Crippen LogP contribution in [0.1, 0.15) is 29.7 Å². The zero-order valence-electron chi connectivity index (χ0n) is 12.2. The van der Waals surface area contributed by atoms with Crippen LogP contribution in [-0.2, 0) is 4.79 Å². The Balaban J connectivity index is 2.07. The molecule has 0 aliphatic heterocycles. The smallest absolute Gasteiger partial charge is 0.248 e. The van der Waals surface area contributed by atoms with E-state index in [1.165, 1.54) is 11.6 Å². The molecule has 2 rings (SSSR count). The van der Waals surface area contributed by atoms with Gasteiger partial charge in [0.15, 0.2) is 0 Å². The third-order valence-electron chi connectivity index (χ3n) is 3.17. The van der Waals surface area contributed by atoms with E-state index in [0.717, 1.165) is 5.56 Å². The predicted molar refractivity (Wildman–Crippen MR) is 85.9 cm³/mol. The molecule has 0 saturated carbocycles. The van der Waals surface area contributed by atoms with E-state index in [2.05, 4.69) is 5.32 Å². The molecule has 0 aliphatic rings. The lowest BCUT2D eigenvalue weighted by molar-refractivity contribution is -0.111. The summed E-state index contributed by atoms with van der Waals surface area (Å²) in [7, 11) is 0. The van der Waals surface area contributed by atoms with Crippen molar-refractivity contribution in [2.24, 2.45) is 0 Å². The number of rotatable bonds is 4. The summed E-state index contributed by atoms with van der Waals surface area (Å²) in [6, 6.07) is 15.2. The molecule has 0 saturated heterocycles. The highest BCUT2D eigenvalue weighted by Crippen LogP contribution is 2.22. The number of aliphatic hydroxyl groups excluding tert-OH is 1. The summed E-state index contributed by atoms with van der Waals surface area (Å²) < 4.78 is 0. The maximum atomic E-state index is 11.9. The fourth-order valence-corrected chi connectivity index (χ4v) is 2.00. The topological polar surface area (TPSA) is 49.3 Å². The van der Waals surface area contributed by atoms with Crippen LogP contribution in [0, 0.1) is 6.92 Å². The number of hydrogen-bond acceptors (Lipinski definition) is 2. The Morgan fingerprint density at radius 1 is 1.14 bits per heavy atom. The minimum absolute atomic E-state index is 0.219. The van der Waals surface area contributed by atoms with E-state index in [0.29, 0.717) is 11.3 Å². The van der Waals surface area contributed by atoms with Crippen molar-refractivity contribution < 1.29 is 9.90 Å². The first-order chi connectivity index (χ1) is 10.1. The number of amides is 1. The van der Waals surface area contributed by atoms with Gasteiger partial charge < -0.3 is 10.4 Å². The van der Waals surface area contributed by atoms with Crippen molar-refractivity contribution in [3.8, 4) is 0 Å². The van der Waals surface area contributed by atoms with Crippen LogP contribution in [0.25, 0.3) is 6.08 Å². The maximum Gasteiger partial charge on any atom is 0.248 e. The number of aryl methyl sites for hydroxylation is 1. The average Bonchev–Trinajstić information content (AvgIpc) is 2.47. The maximum absolute atomic E-state index is 11.9. The summed E-state index contributed by atoms with van der Waals surface area (Å²) in [6.45, 7) is 3.69. The molecule has 21 heavy (non-hydrogen) atoms. The Labute approximate surface area is 124 Å². The molecule has 1 unspecified atom stereocenters. The number of para-hydroxylation sites is 1. The van der Waals surface area contributed by atoms with E-state index in [-0.39, 0.29) is 5.91 Å². The quantitative estimate of drug-likeness (QED) is 0.839. The number of anilines is 1. The molecule has 0 fully saturated rings. The first-order valence-electron chi connectivity index (χ1n) is 6.89. The van der Waals surface area contributed by atoms with E-state index in [4.69, 9.17) is 0 Å². The largest absolute Gasteiger partial charge is 0.389 e. The molecular formula is C18H19NO2. The van der Waals surface area contributed by atoms with Crippen molar-refractivity contribution in [2.45, 2.75) is 20.0 Å². The van der Waals surface area contributed by atoms with Crippen molar-refractivity contribution in [2.75, 3.05) is 5.32 Å². The number of carbonyl (C=O) groups is 1. The molecule has 0 radical (unpaired) electrons. The third-order valence-corrected chi connectivity index (χ3v) is 3.17. The minimum Gasteiger partial charge on any atom is -0.389 e. The van der Waals surface area contributed by atoms with E-state index in [9.17, 15) is 9.90 Å². The summed E-state index contributed by atoms with van der Waals surface area (Å²) in [4.78, 5) is 11.9. The SMILES string of the molecule is Cc1ccc(C=CC(=O)Nc2ccccc2C(C)O)cc1. The van der Waals surface area contributed by atoms with Gasteiger partial charge in [0, 0.05) is 17.3 Å². The molecule has 3 nitrogen and oxygen atoms in total. The third kappa shape index (κ3) is 4.29. The molecule has 0 heterocycles. The van der Waals surface area contributed by atoms with Crippen LogP contribution in [-0.4, -0.2) is 11.0 Å². The zero-order valence-corrected chi connectivity index (χ0v) is 12.2. The summed E-state index contributed by atoms with van der Waals surface area (Å²) in [5.74, 6) is -0.219. The second kappa shape index (κ2) is 6.86. The average molecular weight is 281 g/mol. The lowest BCUT2D eigenvalue weighted by Crippen LogP contribution is -2.10. The van der Waals surface area contributed by atoms with Crippen molar-refractivity contribution in [3.63, 3.8) is 0 Å². The van der Waals surface area contributed by atoms with E-state index in [1.54, 1.807) is 25.1 Å². The van der Waals surface area contributed by atoms with Crippen molar-refractivity contribution >= 4 is 17.7 Å². The highest BCUT2D eigenvalue weighted by Gasteiger charge is 2.08. The van der Waals surface area contributed by atoms with Gasteiger partial charge >= 0.3 is 0 Å². The highest BCUT2D eigenvalue weighted by atomic mass is 16.3. The van der Waals surface area contributed by atoms with Crippen molar-refractivity contribution in [1.82, 2.24) is 0 Å². The van der Waals surface area contributed by atoms with Crippen LogP contribution >= 0.6 is 0 Å². The van der Waals surface area contributed by atoms with Crippen molar-refractivity contribution in [3.05, 3.63) is 71.3 Å². The Kier molecular flexibility index (Phi) is 4.90. The molecule has 2 N–H and O–H groups in total. The predicted octanol–water partition coefficient (Wildman–Crippen LogP) is 3.70. The van der Waals surface area contributed by atoms with Crippen LogP contribution in [0.3, 0.4) is 0 Å². The van der Waals surface area contributed by atoms with Gasteiger partial charge in [0.1, 0.15) is 0 Å². The number of nitrogens with one attached hydrogen (secondary N) is 1. The van der Waals surface area contributed by atoms with E-state index in [1.807, 2.05) is 43.3 Å². The number of hydrogen-bond donors (Lipinski definition) is 2. The van der Waals surface area contributed by atoms with Gasteiger partial charge in [-0.15, -0.1) is 0 Å². The van der Waals surface area contributed by atoms with Crippen molar-refractivity contribution in [1.29, 1.82) is 0 Å². The van der Waals surface area contributed by atoms with Gasteiger partial charge in [-0.1, -0.05) is 48.0 Å². The summed E-state index contributed by atoms with van der Waals surface area (Å²) in [5, 5.41) is 12.5. The Hall–Kier alpha value is -2.39. The van der Waals surface area contributed by atoms with Crippen LogP contribution < -0.4 is 5.32 Å². The summed E-state index contributed by atoms with van der Waals surface area (Å²) >= 11 is 0. The standard InChI is InChI=1S/C18H19NO2/c1-13-7-9-15(10-8-13)11-12-18(21)19-17-6-4-3-5-16(17)14(2)20/h3-12,14,20H,1-2H3,(H,19,21). The first kappa shape index (κ1) is 15.0. The second-order valence-electron chi connectivity index (χ2n) is 5.00. The second-order valence-corrected chi connectivity index (χ2v) is 5.00. The first-order valence-corrected chi connectivity index (χ1v) is 6.89. The van der Waals surface area contributed by atoms with Gasteiger partial charge in [0.25, 0.3) is 0 Å². The molecule has 0 aliphatic carbocycles. The van der Waals surface area contributed by atoms with Gasteiger partial charge in [0.05, 0.1) is 6.10 Å². The summed E-state index contributed by atoms with van der Waals surface area (Å²) in [6.07, 6.45) is 2.63. The van der Waals surface area contributed by atoms with Crippen LogP contribution in [0.4, 0.5) is 5.69 Å². The molecule has 2 aromatic rings. The van der Waals surface area contributed by atoms with E-state index >= 15 is 0 Å². The monoisotopic (exact) mass is 281 g/mol.